The second-order valence-electron chi connectivity index (χ2n) is 8.40. The predicted molar refractivity (Wildman–Crippen MR) is 125 cm³/mol. The Morgan fingerprint density at radius 1 is 1.09 bits per heavy atom. The lowest BCUT2D eigenvalue weighted by Gasteiger charge is -2.22. The molecule has 9 heteroatoms. The van der Waals surface area contributed by atoms with Gasteiger partial charge >= 0.3 is 6.09 Å². The first-order chi connectivity index (χ1) is 15.3. The van der Waals surface area contributed by atoms with Crippen molar-refractivity contribution in [3.05, 3.63) is 33.6 Å². The standard InChI is InChI=1S/C23H29N5O3S/c1-14(2)28-21-19(13-24-28)18(12-20(25-21)17-11-15(3)32-16(17)4)22(29)26-7-6-8-27(10-9-26)23(30)31-5/h11-14H,6-10H2,1-5H3. The highest BCUT2D eigenvalue weighted by molar-refractivity contribution is 7.12. The Balaban J connectivity index is 1.76. The van der Waals surface area contributed by atoms with Crippen molar-refractivity contribution in [1.29, 1.82) is 0 Å². The van der Waals surface area contributed by atoms with Crippen LogP contribution in [-0.4, -0.2) is 69.9 Å². The van der Waals surface area contributed by atoms with Gasteiger partial charge in [-0.1, -0.05) is 0 Å². The van der Waals surface area contributed by atoms with E-state index in [1.165, 1.54) is 16.9 Å². The third-order valence-electron chi connectivity index (χ3n) is 5.82. The third kappa shape index (κ3) is 4.09. The number of methoxy groups -OCH3 is 1. The SMILES string of the molecule is COC(=O)N1CCCN(C(=O)c2cc(-c3cc(C)sc3C)nc3c2cnn3C(C)C)CC1. The molecule has 1 saturated heterocycles. The van der Waals surface area contributed by atoms with Crippen molar-refractivity contribution in [1.82, 2.24) is 24.6 Å². The molecular formula is C23H29N5O3S. The summed E-state index contributed by atoms with van der Waals surface area (Å²) in [5.74, 6) is -0.0572. The Hall–Kier alpha value is -2.94. The molecule has 3 aromatic rings. The van der Waals surface area contributed by atoms with Crippen LogP contribution in [0.5, 0.6) is 0 Å². The Morgan fingerprint density at radius 2 is 1.81 bits per heavy atom. The summed E-state index contributed by atoms with van der Waals surface area (Å²) in [7, 11) is 1.38. The van der Waals surface area contributed by atoms with E-state index >= 15 is 0 Å². The van der Waals surface area contributed by atoms with Crippen molar-refractivity contribution in [2.24, 2.45) is 0 Å². The number of pyridine rings is 1. The number of carbonyl (C=O) groups is 2. The highest BCUT2D eigenvalue weighted by atomic mass is 32.1. The molecule has 1 aliphatic rings. The third-order valence-corrected chi connectivity index (χ3v) is 6.79. The van der Waals surface area contributed by atoms with Crippen LogP contribution in [0.1, 0.15) is 46.4 Å². The minimum Gasteiger partial charge on any atom is -0.453 e. The minimum atomic E-state index is -0.352. The number of hydrogen-bond donors (Lipinski definition) is 0. The number of ether oxygens (including phenoxy) is 1. The van der Waals surface area contributed by atoms with Gasteiger partial charge in [0.15, 0.2) is 5.65 Å². The van der Waals surface area contributed by atoms with Crippen LogP contribution in [0.2, 0.25) is 0 Å². The summed E-state index contributed by atoms with van der Waals surface area (Å²) >= 11 is 1.73. The smallest absolute Gasteiger partial charge is 0.409 e. The normalized spacial score (nSPS) is 14.8. The van der Waals surface area contributed by atoms with Crippen LogP contribution >= 0.6 is 11.3 Å². The van der Waals surface area contributed by atoms with Gasteiger partial charge in [0, 0.05) is 47.5 Å². The van der Waals surface area contributed by atoms with E-state index in [1.54, 1.807) is 22.4 Å². The molecule has 0 aliphatic carbocycles. The molecule has 0 radical (unpaired) electrons. The number of fused-ring (bicyclic) bond motifs is 1. The fourth-order valence-electron chi connectivity index (χ4n) is 4.20. The van der Waals surface area contributed by atoms with Gasteiger partial charge in [-0.25, -0.2) is 14.5 Å². The molecule has 0 spiro atoms. The summed E-state index contributed by atoms with van der Waals surface area (Å²) in [5.41, 5.74) is 3.16. The van der Waals surface area contributed by atoms with Crippen molar-refractivity contribution >= 4 is 34.4 Å². The molecule has 0 atom stereocenters. The zero-order valence-corrected chi connectivity index (χ0v) is 20.0. The Bertz CT molecular complexity index is 1170. The van der Waals surface area contributed by atoms with E-state index in [-0.39, 0.29) is 18.0 Å². The predicted octanol–water partition coefficient (Wildman–Crippen LogP) is 4.27. The molecule has 0 bridgehead atoms. The van der Waals surface area contributed by atoms with Crippen LogP contribution < -0.4 is 0 Å². The number of thiophene rings is 1. The number of amides is 2. The van der Waals surface area contributed by atoms with Gasteiger partial charge in [-0.15, -0.1) is 11.3 Å². The summed E-state index contributed by atoms with van der Waals surface area (Å²) in [6, 6.07) is 4.14. The van der Waals surface area contributed by atoms with E-state index in [0.717, 1.165) is 22.3 Å². The molecular weight excluding hydrogens is 426 g/mol. The molecule has 3 aromatic heterocycles. The minimum absolute atomic E-state index is 0.0572. The average molecular weight is 456 g/mol. The Kier molecular flexibility index (Phi) is 6.19. The number of aromatic nitrogens is 3. The molecule has 4 heterocycles. The van der Waals surface area contributed by atoms with E-state index in [1.807, 2.05) is 15.6 Å². The fraction of sp³-hybridized carbons (Fsp3) is 0.478. The molecule has 170 valence electrons. The van der Waals surface area contributed by atoms with E-state index in [0.29, 0.717) is 38.2 Å². The van der Waals surface area contributed by atoms with Crippen LogP contribution in [0.25, 0.3) is 22.3 Å². The topological polar surface area (TPSA) is 80.6 Å². The highest BCUT2D eigenvalue weighted by Gasteiger charge is 2.26. The summed E-state index contributed by atoms with van der Waals surface area (Å²) in [6.45, 7) is 10.3. The van der Waals surface area contributed by atoms with Crippen LogP contribution in [0.3, 0.4) is 0 Å². The zero-order valence-electron chi connectivity index (χ0n) is 19.2. The first-order valence-electron chi connectivity index (χ1n) is 10.9. The lowest BCUT2D eigenvalue weighted by Crippen LogP contribution is -2.37. The summed E-state index contributed by atoms with van der Waals surface area (Å²) in [4.78, 5) is 36.4. The molecule has 0 aromatic carbocycles. The number of aryl methyl sites for hydroxylation is 2. The van der Waals surface area contributed by atoms with Gasteiger partial charge in [-0.3, -0.25) is 4.79 Å². The molecule has 0 saturated carbocycles. The van der Waals surface area contributed by atoms with Crippen LogP contribution in [0, 0.1) is 13.8 Å². The van der Waals surface area contributed by atoms with Gasteiger partial charge in [-0.05, 0) is 46.2 Å². The summed E-state index contributed by atoms with van der Waals surface area (Å²) in [5, 5.41) is 5.28. The Labute approximate surface area is 191 Å². The lowest BCUT2D eigenvalue weighted by atomic mass is 10.1. The monoisotopic (exact) mass is 455 g/mol. The van der Waals surface area contributed by atoms with E-state index in [9.17, 15) is 9.59 Å². The maximum atomic E-state index is 13.7. The van der Waals surface area contributed by atoms with E-state index in [2.05, 4.69) is 38.9 Å². The van der Waals surface area contributed by atoms with Crippen molar-refractivity contribution < 1.29 is 14.3 Å². The quantitative estimate of drug-likeness (QED) is 0.589. The molecule has 0 N–H and O–H groups in total. The highest BCUT2D eigenvalue weighted by Crippen LogP contribution is 2.33. The van der Waals surface area contributed by atoms with Gasteiger partial charge in [-0.2, -0.15) is 5.10 Å². The molecule has 0 unspecified atom stereocenters. The van der Waals surface area contributed by atoms with Crippen molar-refractivity contribution in [3.63, 3.8) is 0 Å². The van der Waals surface area contributed by atoms with Crippen molar-refractivity contribution in [2.45, 2.75) is 40.2 Å². The molecule has 4 rings (SSSR count). The van der Waals surface area contributed by atoms with Gasteiger partial charge < -0.3 is 14.5 Å². The molecule has 2 amide bonds. The van der Waals surface area contributed by atoms with Crippen molar-refractivity contribution in [2.75, 3.05) is 33.3 Å². The van der Waals surface area contributed by atoms with Crippen molar-refractivity contribution in [3.8, 4) is 11.3 Å². The van der Waals surface area contributed by atoms with E-state index < -0.39 is 0 Å². The fourth-order valence-corrected chi connectivity index (χ4v) is 5.13. The van der Waals surface area contributed by atoms with E-state index in [4.69, 9.17) is 9.72 Å². The largest absolute Gasteiger partial charge is 0.453 e. The summed E-state index contributed by atoms with van der Waals surface area (Å²) in [6.07, 6.45) is 2.09. The lowest BCUT2D eigenvalue weighted by molar-refractivity contribution is 0.0759. The molecule has 8 nitrogen and oxygen atoms in total. The van der Waals surface area contributed by atoms with Gasteiger partial charge in [0.05, 0.1) is 30.0 Å². The zero-order chi connectivity index (χ0) is 23.0. The second-order valence-corrected chi connectivity index (χ2v) is 9.87. The number of rotatable bonds is 3. The molecule has 1 fully saturated rings. The first kappa shape index (κ1) is 22.3. The van der Waals surface area contributed by atoms with Gasteiger partial charge in [0.1, 0.15) is 0 Å². The molecule has 1 aliphatic heterocycles. The van der Waals surface area contributed by atoms with Crippen LogP contribution in [-0.2, 0) is 4.74 Å². The average Bonchev–Trinajstić information content (AvgIpc) is 3.25. The van der Waals surface area contributed by atoms with Gasteiger partial charge in [0.25, 0.3) is 5.91 Å². The molecule has 32 heavy (non-hydrogen) atoms. The maximum Gasteiger partial charge on any atom is 0.409 e. The summed E-state index contributed by atoms with van der Waals surface area (Å²) < 4.78 is 6.72. The van der Waals surface area contributed by atoms with Crippen LogP contribution in [0.4, 0.5) is 4.79 Å². The number of nitrogens with zero attached hydrogens (tertiary/aromatic N) is 5. The number of carbonyl (C=O) groups excluding carboxylic acids is 2. The number of hydrogen-bond acceptors (Lipinski definition) is 6. The second kappa shape index (κ2) is 8.90. The maximum absolute atomic E-state index is 13.7. The first-order valence-corrected chi connectivity index (χ1v) is 11.7. The Morgan fingerprint density at radius 3 is 2.47 bits per heavy atom. The van der Waals surface area contributed by atoms with Crippen LogP contribution in [0.15, 0.2) is 18.3 Å². The van der Waals surface area contributed by atoms with Gasteiger partial charge in [0.2, 0.25) is 0 Å².